The van der Waals surface area contributed by atoms with Crippen LogP contribution in [0, 0.1) is 6.92 Å². The first kappa shape index (κ1) is 15.4. The Balaban J connectivity index is 2.17. The van der Waals surface area contributed by atoms with E-state index in [9.17, 15) is 4.79 Å². The third-order valence-corrected chi connectivity index (χ3v) is 4.78. The summed E-state index contributed by atoms with van der Waals surface area (Å²) in [6.07, 6.45) is 1.01. The fourth-order valence-corrected chi connectivity index (χ4v) is 3.71. The zero-order valence-electron chi connectivity index (χ0n) is 12.4. The average Bonchev–Trinajstić information content (AvgIpc) is 2.83. The number of ether oxygens (including phenoxy) is 1. The Morgan fingerprint density at radius 2 is 2.15 bits per heavy atom. The van der Waals surface area contributed by atoms with E-state index in [0.717, 1.165) is 43.3 Å². The molecule has 0 aliphatic carbocycles. The molecule has 0 spiro atoms. The van der Waals surface area contributed by atoms with Gasteiger partial charge in [-0.05, 0) is 20.3 Å². The lowest BCUT2D eigenvalue weighted by Gasteiger charge is -2.33. The smallest absolute Gasteiger partial charge is 0.350 e. The van der Waals surface area contributed by atoms with E-state index >= 15 is 0 Å². The molecule has 1 aromatic rings. The SMILES string of the molecule is CCOC(=O)c1sc(C(CC)N2CCNCC2)nc1C. The molecular formula is C14H23N3O2S. The number of esters is 1. The van der Waals surface area contributed by atoms with Gasteiger partial charge in [0, 0.05) is 26.2 Å². The highest BCUT2D eigenvalue weighted by Crippen LogP contribution is 2.30. The second kappa shape index (κ2) is 7.15. The minimum absolute atomic E-state index is 0.246. The van der Waals surface area contributed by atoms with E-state index in [1.54, 1.807) is 0 Å². The maximum absolute atomic E-state index is 11.9. The van der Waals surface area contributed by atoms with Crippen molar-refractivity contribution >= 4 is 17.3 Å². The minimum Gasteiger partial charge on any atom is -0.462 e. The van der Waals surface area contributed by atoms with Gasteiger partial charge in [0.1, 0.15) is 9.88 Å². The molecular weight excluding hydrogens is 274 g/mol. The highest BCUT2D eigenvalue weighted by atomic mass is 32.1. The Kier molecular flexibility index (Phi) is 5.51. The summed E-state index contributed by atoms with van der Waals surface area (Å²) in [7, 11) is 0. The van der Waals surface area contributed by atoms with Gasteiger partial charge in [-0.15, -0.1) is 11.3 Å². The van der Waals surface area contributed by atoms with Gasteiger partial charge in [-0.25, -0.2) is 9.78 Å². The largest absolute Gasteiger partial charge is 0.462 e. The first-order valence-electron chi connectivity index (χ1n) is 7.26. The summed E-state index contributed by atoms with van der Waals surface area (Å²) in [5.41, 5.74) is 0.789. The lowest BCUT2D eigenvalue weighted by atomic mass is 10.2. The molecule has 1 N–H and O–H groups in total. The Morgan fingerprint density at radius 1 is 1.45 bits per heavy atom. The first-order valence-corrected chi connectivity index (χ1v) is 8.08. The summed E-state index contributed by atoms with van der Waals surface area (Å²) in [6.45, 7) is 10.4. The molecule has 112 valence electrons. The maximum atomic E-state index is 11.9. The number of rotatable bonds is 5. The van der Waals surface area contributed by atoms with Crippen molar-refractivity contribution in [2.75, 3.05) is 32.8 Å². The van der Waals surface area contributed by atoms with Gasteiger partial charge in [0.2, 0.25) is 0 Å². The summed E-state index contributed by atoms with van der Waals surface area (Å²) < 4.78 is 5.09. The number of hydrogen-bond donors (Lipinski definition) is 1. The number of piperazine rings is 1. The van der Waals surface area contributed by atoms with Crippen LogP contribution in [0.5, 0.6) is 0 Å². The fraction of sp³-hybridized carbons (Fsp3) is 0.714. The van der Waals surface area contributed by atoms with Gasteiger partial charge in [0.15, 0.2) is 0 Å². The van der Waals surface area contributed by atoms with Gasteiger partial charge in [0.25, 0.3) is 0 Å². The monoisotopic (exact) mass is 297 g/mol. The summed E-state index contributed by atoms with van der Waals surface area (Å²) in [4.78, 5) is 19.6. The molecule has 1 aromatic heterocycles. The maximum Gasteiger partial charge on any atom is 0.350 e. The number of hydrogen-bond acceptors (Lipinski definition) is 6. The van der Waals surface area contributed by atoms with Crippen molar-refractivity contribution in [3.8, 4) is 0 Å². The van der Waals surface area contributed by atoms with E-state index in [1.807, 2.05) is 13.8 Å². The van der Waals surface area contributed by atoms with E-state index in [0.29, 0.717) is 17.5 Å². The summed E-state index contributed by atoms with van der Waals surface area (Å²) in [5, 5.41) is 4.40. The fourth-order valence-electron chi connectivity index (χ4n) is 2.53. The molecule has 0 aromatic carbocycles. The average molecular weight is 297 g/mol. The van der Waals surface area contributed by atoms with Crippen molar-refractivity contribution < 1.29 is 9.53 Å². The second-order valence-electron chi connectivity index (χ2n) is 4.90. The van der Waals surface area contributed by atoms with Crippen LogP contribution in [-0.4, -0.2) is 48.6 Å². The molecule has 1 aliphatic heterocycles. The van der Waals surface area contributed by atoms with Crippen LogP contribution in [0.1, 0.15) is 46.7 Å². The quantitative estimate of drug-likeness (QED) is 0.842. The number of carbonyl (C=O) groups is 1. The lowest BCUT2D eigenvalue weighted by molar-refractivity contribution is 0.0531. The third kappa shape index (κ3) is 3.37. The van der Waals surface area contributed by atoms with Crippen molar-refractivity contribution in [2.45, 2.75) is 33.2 Å². The molecule has 1 atom stereocenters. The predicted octanol–water partition coefficient (Wildman–Crippen LogP) is 1.98. The van der Waals surface area contributed by atoms with E-state index in [1.165, 1.54) is 11.3 Å². The van der Waals surface area contributed by atoms with Crippen LogP contribution in [0.4, 0.5) is 0 Å². The van der Waals surface area contributed by atoms with Crippen molar-refractivity contribution in [3.05, 3.63) is 15.6 Å². The zero-order chi connectivity index (χ0) is 14.5. The summed E-state index contributed by atoms with van der Waals surface area (Å²) in [5.74, 6) is -0.246. The Labute approximate surface area is 124 Å². The van der Waals surface area contributed by atoms with Gasteiger partial charge >= 0.3 is 5.97 Å². The topological polar surface area (TPSA) is 54.5 Å². The van der Waals surface area contributed by atoms with E-state index in [4.69, 9.17) is 4.74 Å². The molecule has 0 saturated carbocycles. The summed E-state index contributed by atoms with van der Waals surface area (Å²) >= 11 is 1.49. The Bertz CT molecular complexity index is 455. The number of nitrogens with zero attached hydrogens (tertiary/aromatic N) is 2. The molecule has 1 saturated heterocycles. The molecule has 0 radical (unpaired) electrons. The molecule has 2 heterocycles. The van der Waals surface area contributed by atoms with Crippen LogP contribution < -0.4 is 5.32 Å². The van der Waals surface area contributed by atoms with Crippen LogP contribution in [0.25, 0.3) is 0 Å². The second-order valence-corrected chi connectivity index (χ2v) is 5.93. The molecule has 1 unspecified atom stereocenters. The van der Waals surface area contributed by atoms with Gasteiger partial charge in [-0.3, -0.25) is 4.90 Å². The molecule has 0 amide bonds. The van der Waals surface area contributed by atoms with E-state index < -0.39 is 0 Å². The predicted molar refractivity (Wildman–Crippen MR) is 80.3 cm³/mol. The zero-order valence-corrected chi connectivity index (χ0v) is 13.3. The van der Waals surface area contributed by atoms with Crippen molar-refractivity contribution in [1.29, 1.82) is 0 Å². The van der Waals surface area contributed by atoms with Crippen molar-refractivity contribution in [3.63, 3.8) is 0 Å². The normalized spacial score (nSPS) is 17.9. The van der Waals surface area contributed by atoms with Crippen LogP contribution in [0.15, 0.2) is 0 Å². The highest BCUT2D eigenvalue weighted by Gasteiger charge is 2.26. The third-order valence-electron chi connectivity index (χ3n) is 3.54. The van der Waals surface area contributed by atoms with Crippen molar-refractivity contribution in [1.82, 2.24) is 15.2 Å². The molecule has 5 nitrogen and oxygen atoms in total. The molecule has 0 bridgehead atoms. The lowest BCUT2D eigenvalue weighted by Crippen LogP contribution is -2.45. The van der Waals surface area contributed by atoms with E-state index in [2.05, 4.69) is 22.1 Å². The van der Waals surface area contributed by atoms with Crippen LogP contribution in [0.3, 0.4) is 0 Å². The van der Waals surface area contributed by atoms with Crippen LogP contribution in [-0.2, 0) is 4.74 Å². The van der Waals surface area contributed by atoms with Gasteiger partial charge < -0.3 is 10.1 Å². The molecule has 1 aliphatic rings. The van der Waals surface area contributed by atoms with E-state index in [-0.39, 0.29) is 5.97 Å². The Morgan fingerprint density at radius 3 is 2.75 bits per heavy atom. The van der Waals surface area contributed by atoms with Crippen molar-refractivity contribution in [2.24, 2.45) is 0 Å². The van der Waals surface area contributed by atoms with Gasteiger partial charge in [0.05, 0.1) is 18.3 Å². The van der Waals surface area contributed by atoms with Crippen LogP contribution >= 0.6 is 11.3 Å². The molecule has 2 rings (SSSR count). The highest BCUT2D eigenvalue weighted by molar-refractivity contribution is 7.13. The number of aromatic nitrogens is 1. The Hall–Kier alpha value is -0.980. The number of carbonyl (C=O) groups excluding carboxylic acids is 1. The number of thiazole rings is 1. The standard InChI is InChI=1S/C14H23N3O2S/c1-4-11(17-8-6-15-7-9-17)13-16-10(3)12(20-13)14(18)19-5-2/h11,15H,4-9H2,1-3H3. The van der Waals surface area contributed by atoms with Gasteiger partial charge in [-0.2, -0.15) is 0 Å². The first-order chi connectivity index (χ1) is 9.67. The number of aryl methyl sites for hydroxylation is 1. The number of nitrogens with one attached hydrogen (secondary N) is 1. The molecule has 6 heteroatoms. The van der Waals surface area contributed by atoms with Gasteiger partial charge in [-0.1, -0.05) is 6.92 Å². The molecule has 20 heavy (non-hydrogen) atoms. The summed E-state index contributed by atoms with van der Waals surface area (Å²) in [6, 6.07) is 0.309. The minimum atomic E-state index is -0.246. The van der Waals surface area contributed by atoms with Crippen LogP contribution in [0.2, 0.25) is 0 Å². The molecule has 1 fully saturated rings.